The predicted molar refractivity (Wildman–Crippen MR) is 160 cm³/mol. The monoisotopic (exact) mass is 621 g/mol. The zero-order chi connectivity index (χ0) is 33.5. The number of ether oxygens (including phenoxy) is 1. The molecule has 0 unspecified atom stereocenters. The Hall–Kier alpha value is -5.01. The number of hydrogen-bond donors (Lipinski definition) is 6. The molecule has 0 spiro atoms. The Morgan fingerprint density at radius 2 is 1.64 bits per heavy atom. The highest BCUT2D eigenvalue weighted by Gasteiger charge is 2.64. The Balaban J connectivity index is 0.000000510. The second-order valence-corrected chi connectivity index (χ2v) is 11.6. The van der Waals surface area contributed by atoms with E-state index in [2.05, 4.69) is 10.5 Å². The van der Waals surface area contributed by atoms with E-state index in [-0.39, 0.29) is 36.3 Å². The van der Waals surface area contributed by atoms with Crippen molar-refractivity contribution in [3.8, 4) is 16.9 Å². The first-order chi connectivity index (χ1) is 21.0. The van der Waals surface area contributed by atoms with Gasteiger partial charge in [0.05, 0.1) is 11.6 Å². The highest BCUT2D eigenvalue weighted by Crippen LogP contribution is 2.53. The number of phenolic OH excluding ortho intramolecular Hbond substituents is 1. The molecule has 0 heterocycles. The molecule has 2 aromatic carbocycles. The van der Waals surface area contributed by atoms with Crippen molar-refractivity contribution in [2.24, 2.45) is 23.3 Å². The first kappa shape index (κ1) is 32.9. The van der Waals surface area contributed by atoms with Crippen molar-refractivity contribution >= 4 is 35.1 Å². The van der Waals surface area contributed by atoms with Crippen LogP contribution in [0, 0.1) is 18.8 Å². The maximum absolute atomic E-state index is 13.9. The van der Waals surface area contributed by atoms with E-state index in [0.29, 0.717) is 5.56 Å². The van der Waals surface area contributed by atoms with Crippen LogP contribution in [0.1, 0.15) is 30.0 Å². The van der Waals surface area contributed by atoms with Gasteiger partial charge in [0, 0.05) is 18.4 Å². The fourth-order valence-corrected chi connectivity index (χ4v) is 6.42. The zero-order valence-corrected chi connectivity index (χ0v) is 25.2. The minimum absolute atomic E-state index is 0.0504. The van der Waals surface area contributed by atoms with E-state index >= 15 is 0 Å². The number of primary amides is 2. The molecule has 45 heavy (non-hydrogen) atoms. The van der Waals surface area contributed by atoms with Crippen molar-refractivity contribution in [3.63, 3.8) is 0 Å². The molecule has 0 aliphatic heterocycles. The van der Waals surface area contributed by atoms with Gasteiger partial charge in [-0.2, -0.15) is 0 Å². The summed E-state index contributed by atoms with van der Waals surface area (Å²) < 4.78 is 4.19. The molecule has 8 N–H and O–H groups in total. The van der Waals surface area contributed by atoms with Gasteiger partial charge in [-0.3, -0.25) is 28.9 Å². The van der Waals surface area contributed by atoms with E-state index in [1.165, 1.54) is 17.9 Å². The Kier molecular flexibility index (Phi) is 8.90. The van der Waals surface area contributed by atoms with Crippen LogP contribution in [0.3, 0.4) is 0 Å². The number of nitrogens with two attached hydrogens (primary N) is 2. The van der Waals surface area contributed by atoms with Crippen molar-refractivity contribution in [2.45, 2.75) is 38.3 Å². The van der Waals surface area contributed by atoms with Gasteiger partial charge in [-0.05, 0) is 62.5 Å². The number of aliphatic hydroxyl groups is 3. The molecule has 13 nitrogen and oxygen atoms in total. The number of aromatic hydroxyl groups is 1. The van der Waals surface area contributed by atoms with E-state index in [0.717, 1.165) is 16.7 Å². The summed E-state index contributed by atoms with van der Waals surface area (Å²) in [6, 6.07) is 9.82. The molecule has 2 aromatic rings. The number of carbonyl (C=O) groups is 5. The highest BCUT2D eigenvalue weighted by atomic mass is 16.5. The topological polar surface area (TPSA) is 231 Å². The normalized spacial score (nSPS) is 23.8. The number of likely N-dealkylation sites (N-methyl/N-ethyl adjacent to an activating group) is 1. The minimum atomic E-state index is -2.64. The number of ketones is 2. The molecule has 4 atom stereocenters. The summed E-state index contributed by atoms with van der Waals surface area (Å²) in [5.41, 5.74) is 9.75. The number of amides is 2. The maximum Gasteiger partial charge on any atom is 0.303 e. The number of aryl methyl sites for hydroxylation is 1. The largest absolute Gasteiger partial charge is 0.508 e. The van der Waals surface area contributed by atoms with Crippen molar-refractivity contribution < 1.29 is 49.1 Å². The Bertz CT molecular complexity index is 1660. The lowest BCUT2D eigenvalue weighted by Gasteiger charge is -2.50. The summed E-state index contributed by atoms with van der Waals surface area (Å²) in [5, 5.41) is 44.6. The lowest BCUT2D eigenvalue weighted by atomic mass is 9.57. The second-order valence-electron chi connectivity index (χ2n) is 11.6. The molecule has 0 bridgehead atoms. The number of Topliss-reactive ketones (excluding diaryl/α,β-unsaturated/α-hetero) is 2. The van der Waals surface area contributed by atoms with Crippen molar-refractivity contribution in [1.82, 2.24) is 4.90 Å². The molecular weight excluding hydrogens is 586 g/mol. The Morgan fingerprint density at radius 3 is 2.16 bits per heavy atom. The van der Waals surface area contributed by atoms with Crippen LogP contribution in [-0.4, -0.2) is 87.0 Å². The number of aliphatic hydroxyl groups excluding tert-OH is 2. The van der Waals surface area contributed by atoms with Gasteiger partial charge >= 0.3 is 5.97 Å². The number of nitrogens with zero attached hydrogens (tertiary/aromatic N) is 1. The van der Waals surface area contributed by atoms with Crippen LogP contribution < -0.4 is 11.5 Å². The predicted octanol–water partition coefficient (Wildman–Crippen LogP) is 0.974. The third-order valence-electron chi connectivity index (χ3n) is 8.38. The van der Waals surface area contributed by atoms with Gasteiger partial charge in [0.2, 0.25) is 5.78 Å². The van der Waals surface area contributed by atoms with Gasteiger partial charge in [-0.1, -0.05) is 35.9 Å². The molecule has 1 fully saturated rings. The summed E-state index contributed by atoms with van der Waals surface area (Å²) in [4.78, 5) is 60.4. The van der Waals surface area contributed by atoms with Gasteiger partial charge < -0.3 is 36.6 Å². The second kappa shape index (κ2) is 12.2. The lowest BCUT2D eigenvalue weighted by molar-refractivity contribution is -0.153. The molecule has 1 saturated carbocycles. The number of hydrogen-bond acceptors (Lipinski definition) is 11. The third-order valence-corrected chi connectivity index (χ3v) is 8.38. The minimum Gasteiger partial charge on any atom is -0.508 e. The van der Waals surface area contributed by atoms with Gasteiger partial charge in [-0.25, -0.2) is 0 Å². The number of rotatable bonds is 5. The van der Waals surface area contributed by atoms with Gasteiger partial charge in [0.1, 0.15) is 22.8 Å². The smallest absolute Gasteiger partial charge is 0.303 e. The summed E-state index contributed by atoms with van der Waals surface area (Å²) in [7, 11) is 3.14. The van der Waals surface area contributed by atoms with E-state index in [9.17, 15) is 44.4 Å². The van der Waals surface area contributed by atoms with Gasteiger partial charge in [0.25, 0.3) is 11.8 Å². The van der Waals surface area contributed by atoms with Crippen LogP contribution in [0.15, 0.2) is 53.3 Å². The molecular formula is C32H35N3O10. The molecule has 0 saturated heterocycles. The van der Waals surface area contributed by atoms with Crippen LogP contribution >= 0.6 is 0 Å². The molecule has 0 radical (unpaired) electrons. The average molecular weight is 622 g/mol. The van der Waals surface area contributed by atoms with E-state index < -0.39 is 69.9 Å². The Morgan fingerprint density at radius 1 is 1.02 bits per heavy atom. The zero-order valence-electron chi connectivity index (χ0n) is 25.2. The van der Waals surface area contributed by atoms with Crippen molar-refractivity contribution in [3.05, 3.63) is 70.0 Å². The van der Waals surface area contributed by atoms with Gasteiger partial charge in [-0.15, -0.1) is 0 Å². The number of esters is 1. The highest BCUT2D eigenvalue weighted by molar-refractivity contribution is 6.24. The fourth-order valence-electron chi connectivity index (χ4n) is 6.42. The standard InChI is InChI=1S/C28H28N2O7.C4H7NO3/c1-12-4-6-13(7-5-12)15-8-9-18(31)20-16(15)10-14-11-17-22(30(2)3)24(33)21(27(29)36)26(35)28(17,37)25(34)19(14)23(20)32;1-3(6)8-2-4(5)7/h4-9,14,17,22,31-32,35,37H,10-11H2,1-3H3,(H2,29,36);2H2,1H3,(H2,5,7)/t14-,17-,22-,28-;/m0./s1. The van der Waals surface area contributed by atoms with Crippen LogP contribution in [0.5, 0.6) is 5.75 Å². The van der Waals surface area contributed by atoms with Crippen LogP contribution in [0.2, 0.25) is 0 Å². The molecule has 3 aliphatic rings. The SMILES string of the molecule is CC(=O)OCC(N)=O.Cc1ccc(-c2ccc(O)c3c2C[C@H]2C[C@H]4[C@H](N(C)C)C(=O)C(C(N)=O)=C(O)[C@@]4(O)C(=O)C2=C3O)cc1. The quantitative estimate of drug-likeness (QED) is 0.203. The maximum atomic E-state index is 13.9. The Labute approximate surface area is 258 Å². The number of fused-ring (bicyclic) bond motifs is 3. The summed E-state index contributed by atoms with van der Waals surface area (Å²) in [6.45, 7) is 2.85. The summed E-state index contributed by atoms with van der Waals surface area (Å²) >= 11 is 0. The van der Waals surface area contributed by atoms with Crippen LogP contribution in [-0.2, 0) is 35.1 Å². The first-order valence-electron chi connectivity index (χ1n) is 14.0. The van der Waals surface area contributed by atoms with E-state index in [4.69, 9.17) is 5.73 Å². The average Bonchev–Trinajstić information content (AvgIpc) is 2.94. The molecule has 238 valence electrons. The summed E-state index contributed by atoms with van der Waals surface area (Å²) in [6.07, 6.45) is 0.293. The third kappa shape index (κ3) is 5.67. The van der Waals surface area contributed by atoms with Crippen LogP contribution in [0.25, 0.3) is 16.9 Å². The van der Waals surface area contributed by atoms with Gasteiger partial charge in [0.15, 0.2) is 18.0 Å². The first-order valence-corrected chi connectivity index (χ1v) is 14.0. The molecule has 0 aromatic heterocycles. The number of carbonyl (C=O) groups excluding carboxylic acids is 5. The van der Waals surface area contributed by atoms with Crippen molar-refractivity contribution in [2.75, 3.05) is 20.7 Å². The molecule has 3 aliphatic carbocycles. The fraction of sp³-hybridized carbons (Fsp3) is 0.344. The number of phenols is 1. The molecule has 5 rings (SSSR count). The number of benzene rings is 2. The van der Waals surface area contributed by atoms with Crippen LogP contribution in [0.4, 0.5) is 0 Å². The molecule has 13 heteroatoms. The van der Waals surface area contributed by atoms with E-state index in [1.807, 2.05) is 31.2 Å². The summed E-state index contributed by atoms with van der Waals surface area (Å²) in [5.74, 6) is -7.74. The molecule has 2 amide bonds. The van der Waals surface area contributed by atoms with E-state index in [1.54, 1.807) is 20.2 Å². The lowest BCUT2D eigenvalue weighted by Crippen LogP contribution is -2.65. The van der Waals surface area contributed by atoms with Crippen molar-refractivity contribution in [1.29, 1.82) is 0 Å².